The molecular formula is C14H11BrN4O3. The van der Waals surface area contributed by atoms with Gasteiger partial charge in [-0.15, -0.1) is 5.10 Å². The van der Waals surface area contributed by atoms with Crippen LogP contribution in [0.3, 0.4) is 0 Å². The number of nitrogens with zero attached hydrogens (tertiary/aromatic N) is 3. The van der Waals surface area contributed by atoms with E-state index in [4.69, 9.17) is 4.42 Å². The molecule has 0 unspecified atom stereocenters. The lowest BCUT2D eigenvalue weighted by Crippen LogP contribution is -2.32. The minimum atomic E-state index is -0.354. The predicted molar refractivity (Wildman–Crippen MR) is 82.5 cm³/mol. The van der Waals surface area contributed by atoms with Crippen molar-refractivity contribution in [2.75, 3.05) is 6.54 Å². The van der Waals surface area contributed by atoms with E-state index in [1.165, 1.54) is 4.68 Å². The second-order valence-electron chi connectivity index (χ2n) is 4.49. The van der Waals surface area contributed by atoms with Gasteiger partial charge in [0.2, 0.25) is 0 Å². The molecule has 0 radical (unpaired) electrons. The summed E-state index contributed by atoms with van der Waals surface area (Å²) in [6, 6.07) is 10.2. The Hall–Kier alpha value is -2.48. The van der Waals surface area contributed by atoms with Crippen LogP contribution < -0.4 is 10.9 Å². The maximum atomic E-state index is 12.2. The summed E-state index contributed by atoms with van der Waals surface area (Å²) in [6.45, 7) is 0.467. The second kappa shape index (κ2) is 6.10. The molecule has 0 atom stereocenters. The van der Waals surface area contributed by atoms with E-state index in [-0.39, 0.29) is 30.3 Å². The molecule has 0 aliphatic carbocycles. The molecule has 1 N–H and O–H groups in total. The second-order valence-corrected chi connectivity index (χ2v) is 5.28. The number of hydrogen-bond donors (Lipinski definition) is 1. The zero-order valence-electron chi connectivity index (χ0n) is 11.3. The van der Waals surface area contributed by atoms with Crippen LogP contribution in [0.4, 0.5) is 0 Å². The Morgan fingerprint density at radius 2 is 2.09 bits per heavy atom. The van der Waals surface area contributed by atoms with Crippen LogP contribution in [0.5, 0.6) is 0 Å². The minimum absolute atomic E-state index is 0.198. The van der Waals surface area contributed by atoms with Crippen LogP contribution in [0.1, 0.15) is 10.6 Å². The number of aromatic nitrogens is 3. The fraction of sp³-hybridized carbons (Fsp3) is 0.143. The topological polar surface area (TPSA) is 90.0 Å². The maximum absolute atomic E-state index is 12.2. The lowest BCUT2D eigenvalue weighted by molar-refractivity contribution is 0.0922. The summed E-state index contributed by atoms with van der Waals surface area (Å²) in [7, 11) is 0. The quantitative estimate of drug-likeness (QED) is 0.760. The van der Waals surface area contributed by atoms with Crippen molar-refractivity contribution in [2.45, 2.75) is 6.54 Å². The normalized spacial score (nSPS) is 10.8. The molecule has 2 aromatic heterocycles. The summed E-state index contributed by atoms with van der Waals surface area (Å²) in [6.07, 6.45) is 0. The Bertz CT molecular complexity index is 887. The van der Waals surface area contributed by atoms with Crippen molar-refractivity contribution in [1.29, 1.82) is 0 Å². The average molecular weight is 363 g/mol. The average Bonchev–Trinajstić information content (AvgIpc) is 2.96. The molecule has 22 heavy (non-hydrogen) atoms. The SMILES string of the molecule is O=C(NCCn1nnc2ccccc2c1=O)c1ccc(Br)o1. The highest BCUT2D eigenvalue weighted by Gasteiger charge is 2.10. The van der Waals surface area contributed by atoms with Crippen LogP contribution in [0.2, 0.25) is 0 Å². The van der Waals surface area contributed by atoms with Gasteiger partial charge in [0.05, 0.1) is 11.9 Å². The number of benzene rings is 1. The Labute approximate surface area is 133 Å². The summed E-state index contributed by atoms with van der Waals surface area (Å²) >= 11 is 3.13. The summed E-state index contributed by atoms with van der Waals surface area (Å²) in [5.74, 6) is -0.156. The molecule has 0 aliphatic rings. The van der Waals surface area contributed by atoms with Crippen LogP contribution in [-0.4, -0.2) is 27.4 Å². The number of rotatable bonds is 4. The first-order valence-corrected chi connectivity index (χ1v) is 7.30. The minimum Gasteiger partial charge on any atom is -0.444 e. The summed E-state index contributed by atoms with van der Waals surface area (Å²) in [5, 5.41) is 11.0. The van der Waals surface area contributed by atoms with Gasteiger partial charge in [-0.25, -0.2) is 4.68 Å². The summed E-state index contributed by atoms with van der Waals surface area (Å²) in [4.78, 5) is 24.0. The van der Waals surface area contributed by atoms with Gasteiger partial charge in [0.1, 0.15) is 5.52 Å². The molecule has 1 aromatic carbocycles. The molecule has 0 bridgehead atoms. The largest absolute Gasteiger partial charge is 0.444 e. The lowest BCUT2D eigenvalue weighted by atomic mass is 10.2. The molecule has 3 aromatic rings. The molecule has 0 saturated carbocycles. The highest BCUT2D eigenvalue weighted by atomic mass is 79.9. The molecule has 112 valence electrons. The third-order valence-corrected chi connectivity index (χ3v) is 3.46. The van der Waals surface area contributed by atoms with E-state index in [2.05, 4.69) is 31.6 Å². The summed E-state index contributed by atoms with van der Waals surface area (Å²) < 4.78 is 6.84. The Balaban J connectivity index is 1.68. The number of carbonyl (C=O) groups is 1. The van der Waals surface area contributed by atoms with Crippen LogP contribution in [0.25, 0.3) is 10.9 Å². The molecule has 7 nitrogen and oxygen atoms in total. The van der Waals surface area contributed by atoms with Gasteiger partial charge in [0, 0.05) is 6.54 Å². The molecule has 0 spiro atoms. The molecule has 0 aliphatic heterocycles. The van der Waals surface area contributed by atoms with E-state index < -0.39 is 0 Å². The van der Waals surface area contributed by atoms with Crippen molar-refractivity contribution in [3.8, 4) is 0 Å². The van der Waals surface area contributed by atoms with Crippen molar-refractivity contribution in [3.05, 3.63) is 57.2 Å². The zero-order valence-corrected chi connectivity index (χ0v) is 12.9. The van der Waals surface area contributed by atoms with E-state index >= 15 is 0 Å². The van der Waals surface area contributed by atoms with Crippen molar-refractivity contribution in [2.24, 2.45) is 0 Å². The van der Waals surface area contributed by atoms with Gasteiger partial charge in [0.25, 0.3) is 11.5 Å². The van der Waals surface area contributed by atoms with Gasteiger partial charge in [-0.3, -0.25) is 9.59 Å². The number of fused-ring (bicyclic) bond motifs is 1. The van der Waals surface area contributed by atoms with E-state index in [0.717, 1.165) is 0 Å². The van der Waals surface area contributed by atoms with Crippen molar-refractivity contribution < 1.29 is 9.21 Å². The van der Waals surface area contributed by atoms with E-state index in [9.17, 15) is 9.59 Å². The fourth-order valence-electron chi connectivity index (χ4n) is 1.97. The van der Waals surface area contributed by atoms with E-state index in [0.29, 0.717) is 15.6 Å². The van der Waals surface area contributed by atoms with Crippen LogP contribution in [0, 0.1) is 0 Å². The standard InChI is InChI=1S/C14H11BrN4O3/c15-12-6-5-11(22-12)13(20)16-7-8-19-14(21)9-3-1-2-4-10(9)17-18-19/h1-6H,7-8H2,(H,16,20). The van der Waals surface area contributed by atoms with Crippen LogP contribution in [-0.2, 0) is 6.54 Å². The van der Waals surface area contributed by atoms with E-state index in [1.807, 2.05) is 0 Å². The van der Waals surface area contributed by atoms with Crippen molar-refractivity contribution in [1.82, 2.24) is 20.3 Å². The highest BCUT2D eigenvalue weighted by molar-refractivity contribution is 9.10. The highest BCUT2D eigenvalue weighted by Crippen LogP contribution is 2.13. The predicted octanol–water partition coefficient (Wildman–Crippen LogP) is 1.58. The molecular weight excluding hydrogens is 352 g/mol. The smallest absolute Gasteiger partial charge is 0.287 e. The number of hydrogen-bond acceptors (Lipinski definition) is 5. The fourth-order valence-corrected chi connectivity index (χ4v) is 2.28. The van der Waals surface area contributed by atoms with Crippen LogP contribution >= 0.6 is 15.9 Å². The number of halogens is 1. The first kappa shape index (κ1) is 14.5. The first-order valence-electron chi connectivity index (χ1n) is 6.51. The molecule has 0 fully saturated rings. The lowest BCUT2D eigenvalue weighted by Gasteiger charge is -2.05. The molecule has 0 saturated heterocycles. The summed E-state index contributed by atoms with van der Waals surface area (Å²) in [5.41, 5.74) is 0.314. The third kappa shape index (κ3) is 2.91. The van der Waals surface area contributed by atoms with Crippen molar-refractivity contribution in [3.63, 3.8) is 0 Å². The molecule has 1 amide bonds. The monoisotopic (exact) mass is 362 g/mol. The molecule has 3 rings (SSSR count). The van der Waals surface area contributed by atoms with Gasteiger partial charge in [-0.05, 0) is 40.2 Å². The van der Waals surface area contributed by atoms with Gasteiger partial charge in [0.15, 0.2) is 10.4 Å². The number of nitrogens with one attached hydrogen (secondary N) is 1. The number of carbonyl (C=O) groups excluding carboxylic acids is 1. The molecule has 8 heteroatoms. The molecule has 2 heterocycles. The van der Waals surface area contributed by atoms with Gasteiger partial charge < -0.3 is 9.73 Å². The van der Waals surface area contributed by atoms with Crippen LogP contribution in [0.15, 0.2) is 50.3 Å². The Kier molecular flexibility index (Phi) is 4.01. The maximum Gasteiger partial charge on any atom is 0.287 e. The van der Waals surface area contributed by atoms with Gasteiger partial charge in [-0.2, -0.15) is 0 Å². The Morgan fingerprint density at radius 3 is 2.86 bits per heavy atom. The number of amides is 1. The Morgan fingerprint density at radius 1 is 1.27 bits per heavy atom. The van der Waals surface area contributed by atoms with Crippen molar-refractivity contribution >= 4 is 32.7 Å². The zero-order chi connectivity index (χ0) is 15.5. The van der Waals surface area contributed by atoms with E-state index in [1.54, 1.807) is 36.4 Å². The first-order chi connectivity index (χ1) is 10.6. The van der Waals surface area contributed by atoms with Gasteiger partial charge in [-0.1, -0.05) is 17.3 Å². The van der Waals surface area contributed by atoms with Gasteiger partial charge >= 0.3 is 0 Å². The number of furan rings is 1. The third-order valence-electron chi connectivity index (χ3n) is 3.04.